The Bertz CT molecular complexity index is 976. The molecule has 1 saturated heterocycles. The minimum absolute atomic E-state index is 0.157. The Hall–Kier alpha value is -2.63. The summed E-state index contributed by atoms with van der Waals surface area (Å²) in [5.41, 5.74) is 3.66. The molecule has 0 saturated carbocycles. The van der Waals surface area contributed by atoms with Gasteiger partial charge in [0.05, 0.1) is 6.04 Å². The molecule has 1 atom stereocenters. The van der Waals surface area contributed by atoms with Crippen LogP contribution in [0.2, 0.25) is 5.02 Å². The van der Waals surface area contributed by atoms with Gasteiger partial charge in [0.1, 0.15) is 0 Å². The molecule has 30 heavy (non-hydrogen) atoms. The number of carbonyl (C=O) groups excluding carboxylic acids is 1. The second kappa shape index (κ2) is 9.45. The number of rotatable bonds is 7. The number of hydrogen-bond donors (Lipinski definition) is 1. The minimum atomic E-state index is -0.228. The lowest BCUT2D eigenvalue weighted by Gasteiger charge is -2.28. The largest absolute Gasteiger partial charge is 0.355 e. The van der Waals surface area contributed by atoms with E-state index in [0.29, 0.717) is 17.3 Å². The smallest absolute Gasteiger partial charge is 0.273 e. The SMILES string of the molecule is CCc1ccc(C(CNC(=O)c2cc(-c3ccc(Cl)cc3)on2)N2CCCC2)cc1. The van der Waals surface area contributed by atoms with E-state index in [1.54, 1.807) is 18.2 Å². The zero-order valence-corrected chi connectivity index (χ0v) is 17.9. The quantitative estimate of drug-likeness (QED) is 0.572. The molecule has 1 fully saturated rings. The Morgan fingerprint density at radius 2 is 1.83 bits per heavy atom. The summed E-state index contributed by atoms with van der Waals surface area (Å²) in [6.45, 7) is 4.80. The molecule has 6 heteroatoms. The number of aryl methyl sites for hydroxylation is 1. The highest BCUT2D eigenvalue weighted by Gasteiger charge is 2.24. The van der Waals surface area contributed by atoms with Crippen LogP contribution in [0.5, 0.6) is 0 Å². The van der Waals surface area contributed by atoms with E-state index >= 15 is 0 Å². The number of likely N-dealkylation sites (tertiary alicyclic amines) is 1. The van der Waals surface area contributed by atoms with Gasteiger partial charge in [-0.2, -0.15) is 0 Å². The second-order valence-corrected chi connectivity index (χ2v) is 8.08. The van der Waals surface area contributed by atoms with Gasteiger partial charge < -0.3 is 9.84 Å². The molecular formula is C24H26ClN3O2. The first kappa shape index (κ1) is 20.6. The molecule has 5 nitrogen and oxygen atoms in total. The molecule has 1 amide bonds. The number of nitrogens with one attached hydrogen (secondary N) is 1. The van der Waals surface area contributed by atoms with Crippen molar-refractivity contribution in [3.8, 4) is 11.3 Å². The molecule has 156 valence electrons. The summed E-state index contributed by atoms with van der Waals surface area (Å²) >= 11 is 5.93. The van der Waals surface area contributed by atoms with Gasteiger partial charge in [-0.3, -0.25) is 9.69 Å². The summed E-state index contributed by atoms with van der Waals surface area (Å²) in [4.78, 5) is 15.2. The van der Waals surface area contributed by atoms with Crippen molar-refractivity contribution >= 4 is 17.5 Å². The van der Waals surface area contributed by atoms with Crippen molar-refractivity contribution in [2.45, 2.75) is 32.2 Å². The number of halogens is 1. The number of amides is 1. The van der Waals surface area contributed by atoms with Crippen LogP contribution in [0, 0.1) is 0 Å². The van der Waals surface area contributed by atoms with Crippen LogP contribution < -0.4 is 5.32 Å². The fraction of sp³-hybridized carbons (Fsp3) is 0.333. The second-order valence-electron chi connectivity index (χ2n) is 7.65. The molecule has 3 aromatic rings. The van der Waals surface area contributed by atoms with Crippen molar-refractivity contribution in [2.24, 2.45) is 0 Å². The van der Waals surface area contributed by atoms with E-state index in [2.05, 4.69) is 46.6 Å². The number of carbonyl (C=O) groups is 1. The van der Waals surface area contributed by atoms with Crippen molar-refractivity contribution in [1.29, 1.82) is 0 Å². The van der Waals surface area contributed by atoms with Crippen LogP contribution in [-0.2, 0) is 6.42 Å². The Labute approximate surface area is 182 Å². The summed E-state index contributed by atoms with van der Waals surface area (Å²) in [6.07, 6.45) is 3.42. The van der Waals surface area contributed by atoms with Crippen molar-refractivity contribution in [2.75, 3.05) is 19.6 Å². The fourth-order valence-corrected chi connectivity index (χ4v) is 4.02. The van der Waals surface area contributed by atoms with Crippen LogP contribution in [0.15, 0.2) is 59.1 Å². The third-order valence-corrected chi connectivity index (χ3v) is 5.93. The molecular weight excluding hydrogens is 398 g/mol. The molecule has 1 aromatic heterocycles. The average molecular weight is 424 g/mol. The van der Waals surface area contributed by atoms with Crippen LogP contribution in [-0.4, -0.2) is 35.6 Å². The number of hydrogen-bond acceptors (Lipinski definition) is 4. The maximum absolute atomic E-state index is 12.7. The summed E-state index contributed by atoms with van der Waals surface area (Å²) in [7, 11) is 0. The molecule has 0 aliphatic carbocycles. The van der Waals surface area contributed by atoms with Gasteiger partial charge in [0.2, 0.25) is 0 Å². The van der Waals surface area contributed by atoms with E-state index in [9.17, 15) is 4.79 Å². The van der Waals surface area contributed by atoms with Crippen molar-refractivity contribution in [3.05, 3.63) is 76.4 Å². The van der Waals surface area contributed by atoms with E-state index in [0.717, 1.165) is 25.1 Å². The predicted octanol–water partition coefficient (Wildman–Crippen LogP) is 5.12. The molecule has 0 bridgehead atoms. The first-order chi connectivity index (χ1) is 14.6. The van der Waals surface area contributed by atoms with Gasteiger partial charge in [-0.05, 0) is 67.7 Å². The Kier molecular flexibility index (Phi) is 6.50. The minimum Gasteiger partial charge on any atom is -0.355 e. The normalized spacial score (nSPS) is 15.3. The molecule has 0 spiro atoms. The maximum Gasteiger partial charge on any atom is 0.273 e. The Morgan fingerprint density at radius 1 is 1.13 bits per heavy atom. The summed E-state index contributed by atoms with van der Waals surface area (Å²) < 4.78 is 5.36. The third kappa shape index (κ3) is 4.74. The number of benzene rings is 2. The Balaban J connectivity index is 1.45. The first-order valence-electron chi connectivity index (χ1n) is 10.5. The topological polar surface area (TPSA) is 58.4 Å². The van der Waals surface area contributed by atoms with Gasteiger partial charge in [-0.15, -0.1) is 0 Å². The molecule has 2 heterocycles. The van der Waals surface area contributed by atoms with E-state index in [1.807, 2.05) is 12.1 Å². The predicted molar refractivity (Wildman–Crippen MR) is 119 cm³/mol. The van der Waals surface area contributed by atoms with Gasteiger partial charge in [0.15, 0.2) is 11.5 Å². The zero-order chi connectivity index (χ0) is 20.9. The van der Waals surface area contributed by atoms with Gasteiger partial charge in [0, 0.05) is 23.2 Å². The van der Waals surface area contributed by atoms with E-state index in [4.69, 9.17) is 16.1 Å². The van der Waals surface area contributed by atoms with Crippen LogP contribution in [0.3, 0.4) is 0 Å². The Morgan fingerprint density at radius 3 is 2.50 bits per heavy atom. The average Bonchev–Trinajstić information content (AvgIpc) is 3.47. The lowest BCUT2D eigenvalue weighted by molar-refractivity contribution is 0.0929. The maximum atomic E-state index is 12.7. The highest BCUT2D eigenvalue weighted by molar-refractivity contribution is 6.30. The van der Waals surface area contributed by atoms with Gasteiger partial charge in [0.25, 0.3) is 5.91 Å². The summed E-state index contributed by atoms with van der Waals surface area (Å²) in [5.74, 6) is 0.316. The molecule has 2 aromatic carbocycles. The molecule has 0 radical (unpaired) electrons. The van der Waals surface area contributed by atoms with Gasteiger partial charge >= 0.3 is 0 Å². The first-order valence-corrected chi connectivity index (χ1v) is 10.9. The molecule has 1 aliphatic rings. The van der Waals surface area contributed by atoms with Crippen LogP contribution in [0.25, 0.3) is 11.3 Å². The number of nitrogens with zero attached hydrogens (tertiary/aromatic N) is 2. The van der Waals surface area contributed by atoms with E-state index in [-0.39, 0.29) is 17.6 Å². The highest BCUT2D eigenvalue weighted by atomic mass is 35.5. The lowest BCUT2D eigenvalue weighted by atomic mass is 10.0. The standard InChI is InChI=1S/C24H26ClN3O2/c1-2-17-5-7-18(8-6-17)22(28-13-3-4-14-28)16-26-24(29)21-15-23(30-27-21)19-9-11-20(25)12-10-19/h5-12,15,22H,2-4,13-14,16H2,1H3,(H,26,29). The van der Waals surface area contributed by atoms with Crippen molar-refractivity contribution < 1.29 is 9.32 Å². The monoisotopic (exact) mass is 423 g/mol. The molecule has 1 unspecified atom stereocenters. The van der Waals surface area contributed by atoms with Gasteiger partial charge in [-0.1, -0.05) is 47.9 Å². The molecule has 1 aliphatic heterocycles. The number of aromatic nitrogens is 1. The van der Waals surface area contributed by atoms with Crippen LogP contribution in [0.4, 0.5) is 0 Å². The van der Waals surface area contributed by atoms with Crippen LogP contribution >= 0.6 is 11.6 Å². The van der Waals surface area contributed by atoms with Crippen molar-refractivity contribution in [1.82, 2.24) is 15.4 Å². The molecule has 4 rings (SSSR count). The van der Waals surface area contributed by atoms with Gasteiger partial charge in [-0.25, -0.2) is 0 Å². The van der Waals surface area contributed by atoms with E-state index in [1.165, 1.54) is 24.0 Å². The molecule has 1 N–H and O–H groups in total. The zero-order valence-electron chi connectivity index (χ0n) is 17.1. The third-order valence-electron chi connectivity index (χ3n) is 5.68. The fourth-order valence-electron chi connectivity index (χ4n) is 3.90. The summed E-state index contributed by atoms with van der Waals surface area (Å²) in [5, 5.41) is 7.65. The van der Waals surface area contributed by atoms with Crippen molar-refractivity contribution in [3.63, 3.8) is 0 Å². The summed E-state index contributed by atoms with van der Waals surface area (Å²) in [6, 6.07) is 17.8. The van der Waals surface area contributed by atoms with Crippen LogP contribution in [0.1, 0.15) is 47.4 Å². The van der Waals surface area contributed by atoms with E-state index < -0.39 is 0 Å². The highest BCUT2D eigenvalue weighted by Crippen LogP contribution is 2.26. The lowest BCUT2D eigenvalue weighted by Crippen LogP contribution is -2.36.